The number of rotatable bonds is 5. The zero-order valence-electron chi connectivity index (χ0n) is 15.6. The highest BCUT2D eigenvalue weighted by molar-refractivity contribution is 5.88. The lowest BCUT2D eigenvalue weighted by molar-refractivity contribution is -0.383. The van der Waals surface area contributed by atoms with Gasteiger partial charge < -0.3 is 9.47 Å². The summed E-state index contributed by atoms with van der Waals surface area (Å²) in [6.07, 6.45) is 3.38. The summed E-state index contributed by atoms with van der Waals surface area (Å²) in [5.74, 6) is -0.854. The molecule has 3 rings (SSSR count). The summed E-state index contributed by atoms with van der Waals surface area (Å²) in [6, 6.07) is 13.0. The molecule has 0 N–H and O–H groups in total. The second kappa shape index (κ2) is 8.30. The summed E-state index contributed by atoms with van der Waals surface area (Å²) in [7, 11) is 0. The van der Waals surface area contributed by atoms with E-state index in [1.807, 2.05) is 0 Å². The Morgan fingerprint density at radius 3 is 2.38 bits per heavy atom. The maximum absolute atomic E-state index is 11.3. The Hall–Kier alpha value is -4.07. The van der Waals surface area contributed by atoms with Crippen molar-refractivity contribution in [3.8, 4) is 11.5 Å². The van der Waals surface area contributed by atoms with E-state index in [2.05, 4.69) is 4.98 Å². The summed E-state index contributed by atoms with van der Waals surface area (Å²) >= 11 is 0. The number of carbonyl (C=O) groups excluding carboxylic acids is 2. The molecule has 0 aliphatic heterocycles. The molecule has 0 bridgehead atoms. The molecular formula is C21H16N2O6. The number of para-hydroxylation sites is 1. The fourth-order valence-corrected chi connectivity index (χ4v) is 2.67. The Morgan fingerprint density at radius 2 is 1.69 bits per heavy atom. The summed E-state index contributed by atoms with van der Waals surface area (Å²) in [4.78, 5) is 37.6. The Balaban J connectivity index is 1.94. The minimum Gasteiger partial charge on any atom is -0.423 e. The Kier molecular flexibility index (Phi) is 5.64. The third-order valence-electron chi connectivity index (χ3n) is 3.84. The normalized spacial score (nSPS) is 10.8. The van der Waals surface area contributed by atoms with Gasteiger partial charge in [0, 0.05) is 25.3 Å². The molecule has 0 aliphatic rings. The summed E-state index contributed by atoms with van der Waals surface area (Å²) in [5, 5.41) is 11.9. The van der Waals surface area contributed by atoms with Gasteiger partial charge in [-0.25, -0.2) is 4.98 Å². The summed E-state index contributed by atoms with van der Waals surface area (Å²) in [6.45, 7) is 2.49. The van der Waals surface area contributed by atoms with E-state index in [4.69, 9.17) is 9.47 Å². The van der Waals surface area contributed by atoms with Crippen LogP contribution in [0.15, 0.2) is 48.5 Å². The summed E-state index contributed by atoms with van der Waals surface area (Å²) in [5.41, 5.74) is 1.40. The van der Waals surface area contributed by atoms with Gasteiger partial charge in [-0.15, -0.1) is 0 Å². The fraction of sp³-hybridized carbons (Fsp3) is 0.0952. The molecule has 0 saturated heterocycles. The number of esters is 2. The molecule has 3 aromatic rings. The molecule has 0 radical (unpaired) electrons. The van der Waals surface area contributed by atoms with Crippen LogP contribution in [0.4, 0.5) is 5.69 Å². The number of non-ortho nitro benzene ring substituents is 1. The second-order valence-electron chi connectivity index (χ2n) is 6.07. The molecule has 1 aromatic heterocycles. The number of benzene rings is 2. The van der Waals surface area contributed by atoms with Gasteiger partial charge in [-0.1, -0.05) is 30.3 Å². The lowest BCUT2D eigenvalue weighted by Crippen LogP contribution is -2.07. The number of nitrogens with zero attached hydrogens (tertiary/aromatic N) is 2. The second-order valence-corrected chi connectivity index (χ2v) is 6.07. The van der Waals surface area contributed by atoms with Gasteiger partial charge in [0.05, 0.1) is 10.6 Å². The number of ether oxygens (including phenoxy) is 2. The van der Waals surface area contributed by atoms with Gasteiger partial charge >= 0.3 is 11.9 Å². The molecular weight excluding hydrogens is 376 g/mol. The van der Waals surface area contributed by atoms with E-state index in [1.54, 1.807) is 48.6 Å². The van der Waals surface area contributed by atoms with Gasteiger partial charge in [-0.05, 0) is 29.8 Å². The highest BCUT2D eigenvalue weighted by Gasteiger charge is 2.13. The number of fused-ring (bicyclic) bond motifs is 1. The molecule has 0 aliphatic carbocycles. The zero-order chi connectivity index (χ0) is 21.0. The fourth-order valence-electron chi connectivity index (χ4n) is 2.67. The van der Waals surface area contributed by atoms with Crippen molar-refractivity contribution in [3.63, 3.8) is 0 Å². The highest BCUT2D eigenvalue weighted by Crippen LogP contribution is 2.30. The van der Waals surface area contributed by atoms with Gasteiger partial charge in [0.1, 0.15) is 5.52 Å². The summed E-state index contributed by atoms with van der Waals surface area (Å²) < 4.78 is 10.1. The Bertz CT molecular complexity index is 1150. The van der Waals surface area contributed by atoms with Gasteiger partial charge in [0.2, 0.25) is 0 Å². The largest absolute Gasteiger partial charge is 0.423 e. The maximum Gasteiger partial charge on any atom is 0.308 e. The van der Waals surface area contributed by atoms with Gasteiger partial charge in [0.25, 0.3) is 5.69 Å². The van der Waals surface area contributed by atoms with Crippen LogP contribution in [0, 0.1) is 10.1 Å². The zero-order valence-corrected chi connectivity index (χ0v) is 15.6. The van der Waals surface area contributed by atoms with Crippen LogP contribution in [0.2, 0.25) is 0 Å². The maximum atomic E-state index is 11.3. The van der Waals surface area contributed by atoms with Crippen LogP contribution in [0.5, 0.6) is 11.5 Å². The highest BCUT2D eigenvalue weighted by atomic mass is 16.6. The third-order valence-corrected chi connectivity index (χ3v) is 3.84. The number of pyridine rings is 1. The number of nitro benzene ring substituents is 1. The van der Waals surface area contributed by atoms with Crippen LogP contribution in [-0.4, -0.2) is 21.8 Å². The van der Waals surface area contributed by atoms with Crippen LogP contribution in [0.1, 0.15) is 25.1 Å². The first-order valence-corrected chi connectivity index (χ1v) is 8.56. The molecule has 1 heterocycles. The van der Waals surface area contributed by atoms with Crippen molar-refractivity contribution in [1.82, 2.24) is 4.98 Å². The molecule has 0 amide bonds. The van der Waals surface area contributed by atoms with E-state index in [1.165, 1.54) is 26.0 Å². The number of aromatic nitrogens is 1. The monoisotopic (exact) mass is 392 g/mol. The predicted octanol–water partition coefficient (Wildman–Crippen LogP) is 4.16. The first-order valence-electron chi connectivity index (χ1n) is 8.56. The molecule has 0 atom stereocenters. The molecule has 2 aromatic carbocycles. The van der Waals surface area contributed by atoms with E-state index in [0.717, 1.165) is 0 Å². The number of nitro groups is 1. The first kappa shape index (κ1) is 19.7. The molecule has 8 heteroatoms. The average molecular weight is 392 g/mol. The Labute approximate surface area is 165 Å². The van der Waals surface area contributed by atoms with E-state index < -0.39 is 16.9 Å². The van der Waals surface area contributed by atoms with Crippen LogP contribution < -0.4 is 9.47 Å². The lowest BCUT2D eigenvalue weighted by Gasteiger charge is -2.09. The molecule has 0 saturated carbocycles. The molecule has 0 spiro atoms. The van der Waals surface area contributed by atoms with Crippen LogP contribution >= 0.6 is 0 Å². The smallest absolute Gasteiger partial charge is 0.308 e. The number of hydrogen-bond acceptors (Lipinski definition) is 7. The van der Waals surface area contributed by atoms with Crippen LogP contribution in [0.25, 0.3) is 23.1 Å². The minimum absolute atomic E-state index is 0.0689. The van der Waals surface area contributed by atoms with Crippen molar-refractivity contribution in [2.45, 2.75) is 13.8 Å². The van der Waals surface area contributed by atoms with E-state index >= 15 is 0 Å². The van der Waals surface area contributed by atoms with Crippen molar-refractivity contribution in [3.05, 3.63) is 69.9 Å². The Morgan fingerprint density at radius 1 is 0.966 bits per heavy atom. The SMILES string of the molecule is CC(=O)Oc1ccc(/C=C/c2ccc3cccc([N+](=O)[O-])c3n2)cc1OC(C)=O. The standard InChI is InChI=1S/C21H16N2O6/c1-13(24)28-19-11-7-15(12-20(19)29-14(2)25)6-9-17-10-8-16-4-3-5-18(23(26)27)21(16)22-17/h3-12H,1-2H3/b9-6+. The van der Waals surface area contributed by atoms with E-state index in [9.17, 15) is 19.7 Å². The van der Waals surface area contributed by atoms with E-state index in [-0.39, 0.29) is 17.2 Å². The van der Waals surface area contributed by atoms with Gasteiger partial charge in [-0.3, -0.25) is 19.7 Å². The minimum atomic E-state index is -0.553. The van der Waals surface area contributed by atoms with Crippen molar-refractivity contribution in [2.75, 3.05) is 0 Å². The van der Waals surface area contributed by atoms with Gasteiger partial charge in [-0.2, -0.15) is 0 Å². The average Bonchev–Trinajstić information content (AvgIpc) is 2.66. The number of hydrogen-bond donors (Lipinski definition) is 0. The van der Waals surface area contributed by atoms with Crippen molar-refractivity contribution in [1.29, 1.82) is 0 Å². The van der Waals surface area contributed by atoms with Crippen LogP contribution in [0.3, 0.4) is 0 Å². The molecule has 0 unspecified atom stereocenters. The molecule has 146 valence electrons. The predicted molar refractivity (Wildman–Crippen MR) is 106 cm³/mol. The number of carbonyl (C=O) groups is 2. The first-order chi connectivity index (χ1) is 13.8. The van der Waals surface area contributed by atoms with E-state index in [0.29, 0.717) is 22.2 Å². The van der Waals surface area contributed by atoms with Crippen molar-refractivity contribution < 1.29 is 24.0 Å². The quantitative estimate of drug-likeness (QED) is 0.277. The molecule has 0 fully saturated rings. The third kappa shape index (κ3) is 4.81. The molecule has 29 heavy (non-hydrogen) atoms. The van der Waals surface area contributed by atoms with Crippen molar-refractivity contribution >= 4 is 40.7 Å². The molecule has 8 nitrogen and oxygen atoms in total. The van der Waals surface area contributed by atoms with Crippen molar-refractivity contribution in [2.24, 2.45) is 0 Å². The van der Waals surface area contributed by atoms with Gasteiger partial charge in [0.15, 0.2) is 11.5 Å². The lowest BCUT2D eigenvalue weighted by atomic mass is 10.1. The topological polar surface area (TPSA) is 109 Å². The van der Waals surface area contributed by atoms with Crippen LogP contribution in [-0.2, 0) is 9.59 Å².